The molecular formula is C21H37ClIN5O. The van der Waals surface area contributed by atoms with E-state index in [4.69, 9.17) is 11.6 Å². The molecule has 1 aromatic rings. The molecule has 166 valence electrons. The first kappa shape index (κ1) is 27.9. The van der Waals surface area contributed by atoms with E-state index in [0.717, 1.165) is 45.0 Å². The summed E-state index contributed by atoms with van der Waals surface area (Å²) < 4.78 is 0. The van der Waals surface area contributed by atoms with Crippen molar-refractivity contribution in [3.05, 3.63) is 34.9 Å². The molecule has 0 aromatic heterocycles. The smallest absolute Gasteiger partial charge is 0.251 e. The first-order valence-electron chi connectivity index (χ1n) is 10.3. The molecule has 0 saturated heterocycles. The fraction of sp³-hybridized carbons (Fsp3) is 0.619. The molecule has 0 bridgehead atoms. The van der Waals surface area contributed by atoms with Gasteiger partial charge < -0.3 is 20.9 Å². The Balaban J connectivity index is 0.00000784. The van der Waals surface area contributed by atoms with Gasteiger partial charge in [0.15, 0.2) is 5.96 Å². The van der Waals surface area contributed by atoms with Crippen LogP contribution >= 0.6 is 35.6 Å². The minimum absolute atomic E-state index is 0. The van der Waals surface area contributed by atoms with E-state index >= 15 is 0 Å². The van der Waals surface area contributed by atoms with Gasteiger partial charge in [0.05, 0.1) is 6.54 Å². The molecule has 0 spiro atoms. The van der Waals surface area contributed by atoms with Crippen LogP contribution in [0.5, 0.6) is 0 Å². The van der Waals surface area contributed by atoms with Crippen LogP contribution in [0.2, 0.25) is 5.02 Å². The first-order valence-corrected chi connectivity index (χ1v) is 10.7. The van der Waals surface area contributed by atoms with Crippen LogP contribution in [-0.2, 0) is 0 Å². The zero-order valence-electron chi connectivity index (χ0n) is 18.1. The predicted molar refractivity (Wildman–Crippen MR) is 135 cm³/mol. The first-order chi connectivity index (χ1) is 13.5. The van der Waals surface area contributed by atoms with Crippen LogP contribution < -0.4 is 16.0 Å². The number of hydrogen-bond donors (Lipinski definition) is 3. The highest BCUT2D eigenvalue weighted by Crippen LogP contribution is 2.09. The van der Waals surface area contributed by atoms with Gasteiger partial charge >= 0.3 is 0 Å². The molecule has 1 aromatic carbocycles. The van der Waals surface area contributed by atoms with Crippen molar-refractivity contribution in [1.82, 2.24) is 20.9 Å². The second-order valence-corrected chi connectivity index (χ2v) is 7.17. The van der Waals surface area contributed by atoms with Crippen molar-refractivity contribution in [2.75, 3.05) is 39.3 Å². The maximum atomic E-state index is 12.1. The molecule has 3 N–H and O–H groups in total. The summed E-state index contributed by atoms with van der Waals surface area (Å²) in [7, 11) is 0. The lowest BCUT2D eigenvalue weighted by atomic mass is 10.2. The number of guanidine groups is 1. The maximum Gasteiger partial charge on any atom is 0.251 e. The normalized spacial score (nSPS) is 12.3. The molecule has 1 rings (SSSR count). The molecule has 8 heteroatoms. The molecule has 0 aliphatic heterocycles. The van der Waals surface area contributed by atoms with Crippen molar-refractivity contribution >= 4 is 47.4 Å². The number of carbonyl (C=O) groups is 1. The summed E-state index contributed by atoms with van der Waals surface area (Å²) in [5.41, 5.74) is 0.597. The van der Waals surface area contributed by atoms with Gasteiger partial charge in [0.25, 0.3) is 5.91 Å². The van der Waals surface area contributed by atoms with E-state index in [1.165, 1.54) is 0 Å². The third-order valence-electron chi connectivity index (χ3n) is 4.51. The second-order valence-electron chi connectivity index (χ2n) is 6.74. The van der Waals surface area contributed by atoms with Crippen LogP contribution in [0.15, 0.2) is 29.3 Å². The number of carbonyl (C=O) groups excluding carboxylic acids is 1. The largest absolute Gasteiger partial charge is 0.357 e. The molecule has 0 fully saturated rings. The topological polar surface area (TPSA) is 68.8 Å². The molecule has 1 amide bonds. The Hall–Kier alpha value is -1.06. The number of nitrogens with one attached hydrogen (secondary N) is 3. The van der Waals surface area contributed by atoms with Crippen molar-refractivity contribution in [2.45, 2.75) is 46.6 Å². The standard InChI is InChI=1S/C21H36ClN5O.HI/c1-5-23-21(26-17(4)9-8-16-27(6-2)7-3)25-15-14-24-20(28)18-10-12-19(22)13-11-18;/h10-13,17H,5-9,14-16H2,1-4H3,(H,24,28)(H2,23,25,26);1H. The molecule has 29 heavy (non-hydrogen) atoms. The minimum atomic E-state index is -0.116. The molecule has 0 aliphatic rings. The summed E-state index contributed by atoms with van der Waals surface area (Å²) in [6.45, 7) is 13.8. The van der Waals surface area contributed by atoms with Gasteiger partial charge in [-0.1, -0.05) is 25.4 Å². The lowest BCUT2D eigenvalue weighted by Crippen LogP contribution is -2.43. The summed E-state index contributed by atoms with van der Waals surface area (Å²) in [6, 6.07) is 7.20. The average molecular weight is 538 g/mol. The Morgan fingerprint density at radius 1 is 1.14 bits per heavy atom. The number of aliphatic imine (C=N–C) groups is 1. The third kappa shape index (κ3) is 12.3. The number of nitrogens with zero attached hydrogens (tertiary/aromatic N) is 2. The predicted octanol–water partition coefficient (Wildman–Crippen LogP) is 3.75. The van der Waals surface area contributed by atoms with Gasteiger partial charge in [-0.3, -0.25) is 9.79 Å². The van der Waals surface area contributed by atoms with Crippen molar-refractivity contribution < 1.29 is 4.79 Å². The van der Waals surface area contributed by atoms with Gasteiger partial charge in [-0.25, -0.2) is 0 Å². The van der Waals surface area contributed by atoms with Crippen LogP contribution in [0.3, 0.4) is 0 Å². The lowest BCUT2D eigenvalue weighted by Gasteiger charge is -2.21. The Morgan fingerprint density at radius 3 is 2.38 bits per heavy atom. The van der Waals surface area contributed by atoms with Crippen LogP contribution in [0.1, 0.15) is 50.9 Å². The number of rotatable bonds is 12. The highest BCUT2D eigenvalue weighted by Gasteiger charge is 2.07. The summed E-state index contributed by atoms with van der Waals surface area (Å²) in [4.78, 5) is 19.1. The van der Waals surface area contributed by atoms with E-state index in [0.29, 0.717) is 29.7 Å². The molecule has 1 unspecified atom stereocenters. The zero-order valence-corrected chi connectivity index (χ0v) is 21.2. The molecule has 6 nitrogen and oxygen atoms in total. The third-order valence-corrected chi connectivity index (χ3v) is 4.76. The van der Waals surface area contributed by atoms with E-state index in [1.54, 1.807) is 24.3 Å². The summed E-state index contributed by atoms with van der Waals surface area (Å²) in [6.07, 6.45) is 2.25. The van der Waals surface area contributed by atoms with Crippen LogP contribution in [0, 0.1) is 0 Å². The van der Waals surface area contributed by atoms with Crippen LogP contribution in [0.4, 0.5) is 0 Å². The minimum Gasteiger partial charge on any atom is -0.357 e. The monoisotopic (exact) mass is 537 g/mol. The van der Waals surface area contributed by atoms with Gasteiger partial charge in [-0.05, 0) is 70.6 Å². The van der Waals surface area contributed by atoms with Gasteiger partial charge in [-0.2, -0.15) is 0 Å². The SMILES string of the molecule is CCNC(=NCCNC(=O)c1ccc(Cl)cc1)NC(C)CCCN(CC)CC.I. The Morgan fingerprint density at radius 2 is 1.79 bits per heavy atom. The highest BCUT2D eigenvalue weighted by molar-refractivity contribution is 14.0. The Labute approximate surface area is 198 Å². The fourth-order valence-corrected chi connectivity index (χ4v) is 2.95. The van der Waals surface area contributed by atoms with Crippen LogP contribution in [-0.4, -0.2) is 62.1 Å². The summed E-state index contributed by atoms with van der Waals surface area (Å²) in [5, 5.41) is 10.2. The van der Waals surface area contributed by atoms with E-state index in [2.05, 4.69) is 46.6 Å². The highest BCUT2D eigenvalue weighted by atomic mass is 127. The van der Waals surface area contributed by atoms with Crippen LogP contribution in [0.25, 0.3) is 0 Å². The van der Waals surface area contributed by atoms with Gasteiger partial charge in [0, 0.05) is 29.7 Å². The maximum absolute atomic E-state index is 12.1. The van der Waals surface area contributed by atoms with Crippen molar-refractivity contribution in [2.24, 2.45) is 4.99 Å². The molecule has 0 saturated carbocycles. The Kier molecular flexibility index (Phi) is 16.1. The molecular weight excluding hydrogens is 501 g/mol. The Bertz CT molecular complexity index is 593. The van der Waals surface area contributed by atoms with E-state index in [1.807, 2.05) is 6.92 Å². The quantitative estimate of drug-likeness (QED) is 0.164. The second kappa shape index (κ2) is 16.7. The molecule has 0 aliphatic carbocycles. The average Bonchev–Trinajstić information content (AvgIpc) is 2.69. The van der Waals surface area contributed by atoms with Gasteiger partial charge in [0.2, 0.25) is 0 Å². The van der Waals surface area contributed by atoms with E-state index < -0.39 is 0 Å². The number of hydrogen-bond acceptors (Lipinski definition) is 3. The molecule has 1 atom stereocenters. The fourth-order valence-electron chi connectivity index (χ4n) is 2.83. The van der Waals surface area contributed by atoms with Gasteiger partial charge in [0.1, 0.15) is 0 Å². The zero-order chi connectivity index (χ0) is 20.8. The van der Waals surface area contributed by atoms with Crippen molar-refractivity contribution in [3.63, 3.8) is 0 Å². The molecule has 0 heterocycles. The number of halogens is 2. The number of benzene rings is 1. The lowest BCUT2D eigenvalue weighted by molar-refractivity contribution is 0.0955. The molecule has 0 radical (unpaired) electrons. The van der Waals surface area contributed by atoms with E-state index in [-0.39, 0.29) is 29.9 Å². The van der Waals surface area contributed by atoms with Crippen molar-refractivity contribution in [3.8, 4) is 0 Å². The van der Waals surface area contributed by atoms with Gasteiger partial charge in [-0.15, -0.1) is 24.0 Å². The van der Waals surface area contributed by atoms with E-state index in [9.17, 15) is 4.79 Å². The summed E-state index contributed by atoms with van der Waals surface area (Å²) >= 11 is 5.85. The van der Waals surface area contributed by atoms with Crippen molar-refractivity contribution in [1.29, 1.82) is 0 Å². The number of amides is 1. The summed E-state index contributed by atoms with van der Waals surface area (Å²) in [5.74, 6) is 0.674.